The molecule has 3 aromatic carbocycles. The second-order valence-electron chi connectivity index (χ2n) is 25.1. The van der Waals surface area contributed by atoms with Crippen LogP contribution in [-0.4, -0.2) is 107 Å². The van der Waals surface area contributed by atoms with Gasteiger partial charge in [-0.3, -0.25) is 9.59 Å². The average Bonchev–Trinajstić information content (AvgIpc) is 3.30. The Morgan fingerprint density at radius 1 is 0.680 bits per heavy atom. The number of carbonyl (C=O) groups excluding carboxylic acids is 2. The van der Waals surface area contributed by atoms with Gasteiger partial charge in [0.2, 0.25) is 5.91 Å². The normalized spacial score (nSPS) is 27.9. The summed E-state index contributed by atoms with van der Waals surface area (Å²) in [5, 5.41) is 28.8. The Hall–Kier alpha value is -3.17. The summed E-state index contributed by atoms with van der Waals surface area (Å²) >= 11 is 0. The molecule has 0 radical (unpaired) electrons. The van der Waals surface area contributed by atoms with E-state index in [-0.39, 0.29) is 42.4 Å². The third-order valence-corrected chi connectivity index (χ3v) is 21.9. The summed E-state index contributed by atoms with van der Waals surface area (Å²) in [4.78, 5) is 32.0. The summed E-state index contributed by atoms with van der Waals surface area (Å²) in [5.74, 6) is -0.830. The van der Waals surface area contributed by atoms with Crippen LogP contribution in [0.25, 0.3) is 0 Å². The van der Waals surface area contributed by atoms with Crippen LogP contribution in [0.5, 0.6) is 0 Å². The number of carbonyl (C=O) groups is 2. The largest absolute Gasteiger partial charge is 0.386 e. The van der Waals surface area contributed by atoms with Crippen molar-refractivity contribution in [3.8, 4) is 0 Å². The van der Waals surface area contributed by atoms with Crippen LogP contribution in [0.15, 0.2) is 54.6 Å². The molecule has 5 rings (SSSR count). The second-order valence-corrected chi connectivity index (χ2v) is 29.1. The van der Waals surface area contributed by atoms with Gasteiger partial charge >= 0.3 is 235 Å². The number of ether oxygens (including phenoxy) is 3. The van der Waals surface area contributed by atoms with Crippen LogP contribution in [0.2, 0.25) is 0 Å². The van der Waals surface area contributed by atoms with Gasteiger partial charge in [0.25, 0.3) is 0 Å². The molecule has 422 valence electrons. The Morgan fingerprint density at radius 2 is 1.15 bits per heavy atom. The molecule has 10 atom stereocenters. The minimum atomic E-state index is -2.36. The molecule has 2 fully saturated rings. The summed E-state index contributed by atoms with van der Waals surface area (Å²) in [6.45, 7) is 27.5. The molecule has 9 nitrogen and oxygen atoms in total. The zero-order valence-corrected chi connectivity index (χ0v) is 50.8. The van der Waals surface area contributed by atoms with Crippen LogP contribution < -0.4 is 15.9 Å². The molecule has 75 heavy (non-hydrogen) atoms. The maximum absolute atomic E-state index is 14.3. The van der Waals surface area contributed by atoms with Gasteiger partial charge in [0, 0.05) is 25.0 Å². The number of rotatable bonds is 20. The third kappa shape index (κ3) is 18.2. The second kappa shape index (κ2) is 28.6. The maximum Gasteiger partial charge on any atom is 0.101 e. The first-order valence-electron chi connectivity index (χ1n) is 29.5. The number of benzene rings is 3. The van der Waals surface area contributed by atoms with E-state index in [0.29, 0.717) is 45.1 Å². The zero-order valence-electron chi connectivity index (χ0n) is 49.8. The Morgan fingerprint density at radius 3 is 1.61 bits per heavy atom. The first-order valence-corrected chi connectivity index (χ1v) is 31.7. The van der Waals surface area contributed by atoms with Crippen molar-refractivity contribution in [1.29, 1.82) is 0 Å². The van der Waals surface area contributed by atoms with E-state index in [1.807, 2.05) is 32.6 Å². The topological polar surface area (TPSA) is 109 Å². The first kappa shape index (κ1) is 62.7. The van der Waals surface area contributed by atoms with Crippen molar-refractivity contribution in [3.63, 3.8) is 0 Å². The summed E-state index contributed by atoms with van der Waals surface area (Å²) < 4.78 is 19.1. The Labute approximate surface area is 457 Å². The van der Waals surface area contributed by atoms with Crippen LogP contribution in [0.4, 0.5) is 0 Å². The number of aliphatic hydroxyl groups is 2. The van der Waals surface area contributed by atoms with Gasteiger partial charge in [-0.05, 0) is 86.2 Å². The van der Waals surface area contributed by atoms with Crippen molar-refractivity contribution in [2.24, 2.45) is 11.8 Å². The van der Waals surface area contributed by atoms with Crippen molar-refractivity contribution < 1.29 is 34.0 Å². The summed E-state index contributed by atoms with van der Waals surface area (Å²) in [7, 11) is 1.79. The summed E-state index contributed by atoms with van der Waals surface area (Å²) in [5.41, 5.74) is 5.48. The van der Waals surface area contributed by atoms with E-state index in [2.05, 4.69) is 129 Å². The van der Waals surface area contributed by atoms with Gasteiger partial charge in [-0.25, -0.2) is 0 Å². The number of unbranched alkanes of at least 4 members (excludes halogenated alkanes) is 9. The first-order chi connectivity index (χ1) is 35.3. The van der Waals surface area contributed by atoms with Crippen molar-refractivity contribution in [2.75, 3.05) is 26.8 Å². The maximum atomic E-state index is 14.3. The van der Waals surface area contributed by atoms with Crippen molar-refractivity contribution in [1.82, 2.24) is 9.80 Å². The van der Waals surface area contributed by atoms with Crippen molar-refractivity contribution >= 4 is 35.1 Å². The molecule has 0 saturated carbocycles. The molecule has 0 spiro atoms. The van der Waals surface area contributed by atoms with E-state index >= 15 is 0 Å². The summed E-state index contributed by atoms with van der Waals surface area (Å²) in [6, 6.07) is 21.9. The van der Waals surface area contributed by atoms with Crippen LogP contribution in [-0.2, 0) is 23.8 Å². The van der Waals surface area contributed by atoms with E-state index in [0.717, 1.165) is 25.7 Å². The fraction of sp³-hybridized carbons (Fsp3) is 0.692. The minimum absolute atomic E-state index is 0.00873. The molecule has 2 N–H and O–H groups in total. The molecule has 2 heterocycles. The Balaban J connectivity index is 1.16. The van der Waals surface area contributed by atoms with E-state index in [4.69, 9.17) is 14.2 Å². The Kier molecular flexibility index (Phi) is 23.9. The van der Waals surface area contributed by atoms with Gasteiger partial charge in [-0.1, -0.05) is 20.8 Å². The van der Waals surface area contributed by atoms with Gasteiger partial charge < -0.3 is 34.2 Å². The van der Waals surface area contributed by atoms with Gasteiger partial charge in [0.1, 0.15) is 11.7 Å². The molecule has 0 unspecified atom stereocenters. The number of esters is 1. The fourth-order valence-corrected chi connectivity index (χ4v) is 18.6. The SMILES string of the molecule is CC[C@H]1OC(=O)[C@H](C)CC[C@@H](O[C@H]2C[C@@H](N(C)C)C[C@@H](C)O2)[C@](C)(O)C[C@@H](C)CN(C(=O)CCCCCCCCCCCC[PH](c2cc(C)cc(C)c2)(c2cc(C)cc(C)c2)c2cc(C)cc(C)c2)[C@H](C)C[C@]1(C)O. The number of cyclic esters (lactones) is 1. The predicted octanol–water partition coefficient (Wildman–Crippen LogP) is 12.6. The van der Waals surface area contributed by atoms with E-state index in [1.165, 1.54) is 100 Å². The quantitative estimate of drug-likeness (QED) is 0.0654. The monoisotopic (exact) mass is 1060 g/mol. The van der Waals surface area contributed by atoms with Crippen molar-refractivity contribution in [3.05, 3.63) is 88.0 Å². The van der Waals surface area contributed by atoms with Crippen LogP contribution in [0.3, 0.4) is 0 Å². The molecule has 2 aliphatic heterocycles. The number of nitrogens with zero attached hydrogens (tertiary/aromatic N) is 2. The smallest absolute Gasteiger partial charge is 0.101 e. The molecule has 1 amide bonds. The molecule has 10 heteroatoms. The predicted molar refractivity (Wildman–Crippen MR) is 316 cm³/mol. The molecule has 0 aliphatic carbocycles. The standard InChI is InChI=1S/C65H105N2O7P/c1-16-59-65(13,71)43-53(10)67(44-51(8)42-64(12,70)60(29-28-52(9)63(69)74-59)73-62-41-55(66(14)15)40-54(11)72-62)61(68)27-25-23-21-19-17-18-20-22-24-26-30-75(56-34-45(2)31-46(3)35-56,57-36-47(4)32-48(5)37-57)58-38-49(6)33-50(7)39-58/h31-39,51-55,59-60,62,70-71,75H,16-30,40-44H2,1-15H3/t51-,52-,53-,54-,55+,59-,60-,62+,64-,65+/m1/s1. The molecular formula is C65H105N2O7P. The Bertz CT molecular complexity index is 2090. The van der Waals surface area contributed by atoms with E-state index in [1.54, 1.807) is 6.92 Å². The van der Waals surface area contributed by atoms with Gasteiger partial charge in [0.15, 0.2) is 6.29 Å². The molecule has 2 aliphatic rings. The number of hydrogen-bond acceptors (Lipinski definition) is 8. The van der Waals surface area contributed by atoms with Crippen LogP contribution in [0.1, 0.15) is 197 Å². The average molecular weight is 1060 g/mol. The van der Waals surface area contributed by atoms with E-state index < -0.39 is 42.9 Å². The minimum Gasteiger partial charge on any atom is -0.386 e. The molecule has 0 bridgehead atoms. The zero-order chi connectivity index (χ0) is 55.3. The van der Waals surface area contributed by atoms with Gasteiger partial charge in [-0.15, -0.1) is 0 Å². The molecule has 0 aromatic heterocycles. The molecule has 2 saturated heterocycles. The summed E-state index contributed by atoms with van der Waals surface area (Å²) in [6.07, 6.45) is 14.9. The number of aryl methyl sites for hydroxylation is 6. The third-order valence-electron chi connectivity index (χ3n) is 16.9. The fourth-order valence-electron chi connectivity index (χ4n) is 13.1. The van der Waals surface area contributed by atoms with E-state index in [9.17, 15) is 19.8 Å². The van der Waals surface area contributed by atoms with Gasteiger partial charge in [-0.2, -0.15) is 0 Å². The number of amides is 1. The van der Waals surface area contributed by atoms with Crippen LogP contribution >= 0.6 is 7.26 Å². The van der Waals surface area contributed by atoms with Gasteiger partial charge in [0.05, 0.1) is 23.7 Å². The molecule has 3 aromatic rings. The molecular weight excluding hydrogens is 952 g/mol. The van der Waals surface area contributed by atoms with Crippen molar-refractivity contribution in [2.45, 2.75) is 253 Å². The number of hydrogen-bond donors (Lipinski definition) is 2. The van der Waals surface area contributed by atoms with Crippen LogP contribution in [0, 0.1) is 53.4 Å².